The van der Waals surface area contributed by atoms with Crippen molar-refractivity contribution >= 4 is 22.9 Å². The molecule has 0 aliphatic rings. The molecule has 0 N–H and O–H groups in total. The maximum atomic E-state index is 5.95. The molecule has 5 heteroatoms. The van der Waals surface area contributed by atoms with E-state index in [1.807, 2.05) is 17.5 Å². The minimum absolute atomic E-state index is 0.622. The summed E-state index contributed by atoms with van der Waals surface area (Å²) in [6, 6.07) is 5.44. The van der Waals surface area contributed by atoms with Crippen molar-refractivity contribution in [2.75, 3.05) is 14.2 Å². The molecule has 2 rings (SSSR count). The van der Waals surface area contributed by atoms with Gasteiger partial charge in [0.2, 0.25) is 0 Å². The van der Waals surface area contributed by atoms with E-state index in [1.54, 1.807) is 20.3 Å². The number of methoxy groups -OCH3 is 2. The zero-order valence-corrected chi connectivity index (χ0v) is 10.4. The number of rotatable bonds is 3. The number of aromatic nitrogens is 1. The van der Waals surface area contributed by atoms with Gasteiger partial charge in [0.25, 0.3) is 5.19 Å². The van der Waals surface area contributed by atoms with Gasteiger partial charge in [0.05, 0.1) is 19.9 Å². The van der Waals surface area contributed by atoms with Gasteiger partial charge >= 0.3 is 0 Å². The van der Waals surface area contributed by atoms with Crippen molar-refractivity contribution in [3.05, 3.63) is 28.6 Å². The van der Waals surface area contributed by atoms with Crippen molar-refractivity contribution < 1.29 is 9.47 Å². The fourth-order valence-corrected chi connectivity index (χ4v) is 2.17. The minimum atomic E-state index is 0.622. The first-order chi connectivity index (χ1) is 7.74. The van der Waals surface area contributed by atoms with Crippen LogP contribution in [0.3, 0.4) is 0 Å². The summed E-state index contributed by atoms with van der Waals surface area (Å²) >= 11 is 7.39. The molecule has 0 amide bonds. The van der Waals surface area contributed by atoms with Crippen molar-refractivity contribution in [3.63, 3.8) is 0 Å². The van der Waals surface area contributed by atoms with E-state index in [-0.39, 0.29) is 0 Å². The standard InChI is InChI=1S/C11H10ClNO2S/c1-14-10-4-3-7(12)5-8(10)9-6-16-11(13-9)15-2/h3-6H,1-2H3. The summed E-state index contributed by atoms with van der Waals surface area (Å²) in [7, 11) is 3.22. The van der Waals surface area contributed by atoms with E-state index in [9.17, 15) is 0 Å². The summed E-state index contributed by atoms with van der Waals surface area (Å²) in [4.78, 5) is 4.31. The molecule has 84 valence electrons. The van der Waals surface area contributed by atoms with E-state index in [0.717, 1.165) is 17.0 Å². The van der Waals surface area contributed by atoms with Gasteiger partial charge in [0.15, 0.2) is 0 Å². The molecule has 0 aliphatic carbocycles. The summed E-state index contributed by atoms with van der Waals surface area (Å²) in [5.41, 5.74) is 1.68. The molecule has 2 aromatic rings. The Bertz CT molecular complexity index is 498. The highest BCUT2D eigenvalue weighted by Gasteiger charge is 2.10. The van der Waals surface area contributed by atoms with Crippen LogP contribution >= 0.6 is 22.9 Å². The van der Waals surface area contributed by atoms with Gasteiger partial charge in [-0.3, -0.25) is 0 Å². The molecule has 0 saturated heterocycles. The quantitative estimate of drug-likeness (QED) is 0.841. The molecule has 1 aromatic carbocycles. The van der Waals surface area contributed by atoms with Crippen LogP contribution in [0.1, 0.15) is 0 Å². The number of thiazole rings is 1. The zero-order chi connectivity index (χ0) is 11.5. The lowest BCUT2D eigenvalue weighted by Crippen LogP contribution is -1.88. The van der Waals surface area contributed by atoms with Crippen LogP contribution in [-0.2, 0) is 0 Å². The number of hydrogen-bond donors (Lipinski definition) is 0. The first-order valence-electron chi connectivity index (χ1n) is 4.58. The van der Waals surface area contributed by atoms with Crippen LogP contribution in [0.25, 0.3) is 11.3 Å². The molecule has 16 heavy (non-hydrogen) atoms. The lowest BCUT2D eigenvalue weighted by atomic mass is 10.1. The maximum absolute atomic E-state index is 5.95. The Hall–Kier alpha value is -1.26. The highest BCUT2D eigenvalue weighted by Crippen LogP contribution is 2.34. The second-order valence-corrected chi connectivity index (χ2v) is 4.30. The highest BCUT2D eigenvalue weighted by atomic mass is 35.5. The van der Waals surface area contributed by atoms with Gasteiger partial charge in [0, 0.05) is 16.0 Å². The Labute approximate surface area is 103 Å². The molecular formula is C11H10ClNO2S. The van der Waals surface area contributed by atoms with Crippen molar-refractivity contribution in [2.24, 2.45) is 0 Å². The molecular weight excluding hydrogens is 246 g/mol. The SMILES string of the molecule is COc1nc(-c2cc(Cl)ccc2OC)cs1. The van der Waals surface area contributed by atoms with Crippen LogP contribution in [0.5, 0.6) is 10.9 Å². The van der Waals surface area contributed by atoms with Crippen molar-refractivity contribution in [3.8, 4) is 22.2 Å². The van der Waals surface area contributed by atoms with E-state index in [4.69, 9.17) is 21.1 Å². The van der Waals surface area contributed by atoms with Gasteiger partial charge in [0.1, 0.15) is 5.75 Å². The molecule has 0 atom stereocenters. The fourth-order valence-electron chi connectivity index (χ4n) is 1.36. The highest BCUT2D eigenvalue weighted by molar-refractivity contribution is 7.11. The third-order valence-corrected chi connectivity index (χ3v) is 3.13. The van der Waals surface area contributed by atoms with Gasteiger partial charge in [-0.1, -0.05) is 22.9 Å². The van der Waals surface area contributed by atoms with Gasteiger partial charge in [-0.25, -0.2) is 4.98 Å². The van der Waals surface area contributed by atoms with E-state index in [2.05, 4.69) is 4.98 Å². The van der Waals surface area contributed by atoms with Gasteiger partial charge in [-0.2, -0.15) is 0 Å². The average Bonchev–Trinajstić information content (AvgIpc) is 2.77. The van der Waals surface area contributed by atoms with E-state index < -0.39 is 0 Å². The van der Waals surface area contributed by atoms with Crippen LogP contribution in [-0.4, -0.2) is 19.2 Å². The van der Waals surface area contributed by atoms with Crippen LogP contribution in [0, 0.1) is 0 Å². The van der Waals surface area contributed by atoms with Crippen LogP contribution in [0.2, 0.25) is 5.02 Å². The van der Waals surface area contributed by atoms with Crippen LogP contribution in [0.4, 0.5) is 0 Å². The van der Waals surface area contributed by atoms with Crippen LogP contribution in [0.15, 0.2) is 23.6 Å². The predicted molar refractivity (Wildman–Crippen MR) is 65.7 cm³/mol. The van der Waals surface area contributed by atoms with Crippen molar-refractivity contribution in [1.82, 2.24) is 4.98 Å². The average molecular weight is 256 g/mol. The largest absolute Gasteiger partial charge is 0.496 e. The smallest absolute Gasteiger partial charge is 0.273 e. The lowest BCUT2D eigenvalue weighted by Gasteiger charge is -2.06. The molecule has 0 spiro atoms. The number of nitrogens with zero attached hydrogens (tertiary/aromatic N) is 1. The topological polar surface area (TPSA) is 31.4 Å². The third kappa shape index (κ3) is 2.13. The van der Waals surface area contributed by atoms with E-state index >= 15 is 0 Å². The van der Waals surface area contributed by atoms with Crippen LogP contribution < -0.4 is 9.47 Å². The molecule has 0 radical (unpaired) electrons. The van der Waals surface area contributed by atoms with Crippen molar-refractivity contribution in [2.45, 2.75) is 0 Å². The number of hydrogen-bond acceptors (Lipinski definition) is 4. The minimum Gasteiger partial charge on any atom is -0.496 e. The Morgan fingerprint density at radius 2 is 2.06 bits per heavy atom. The second kappa shape index (κ2) is 4.72. The lowest BCUT2D eigenvalue weighted by molar-refractivity contribution is 0.411. The van der Waals surface area contributed by atoms with Crippen molar-refractivity contribution in [1.29, 1.82) is 0 Å². The Kier molecular flexibility index (Phi) is 3.31. The Morgan fingerprint density at radius 1 is 1.25 bits per heavy atom. The molecule has 3 nitrogen and oxygen atoms in total. The van der Waals surface area contributed by atoms with Gasteiger partial charge < -0.3 is 9.47 Å². The molecule has 0 unspecified atom stereocenters. The second-order valence-electron chi connectivity index (χ2n) is 3.05. The summed E-state index contributed by atoms with van der Waals surface area (Å²) in [5, 5.41) is 3.19. The zero-order valence-electron chi connectivity index (χ0n) is 8.86. The fraction of sp³-hybridized carbons (Fsp3) is 0.182. The molecule has 0 saturated carbocycles. The van der Waals surface area contributed by atoms with Gasteiger partial charge in [-0.15, -0.1) is 0 Å². The first kappa shape index (κ1) is 11.2. The first-order valence-corrected chi connectivity index (χ1v) is 5.84. The summed E-state index contributed by atoms with van der Waals surface area (Å²) in [6.45, 7) is 0. The maximum Gasteiger partial charge on any atom is 0.273 e. The third-order valence-electron chi connectivity index (χ3n) is 2.10. The number of halogens is 1. The summed E-state index contributed by atoms with van der Waals surface area (Å²) < 4.78 is 10.3. The molecule has 0 bridgehead atoms. The Morgan fingerprint density at radius 3 is 2.69 bits per heavy atom. The molecule has 0 aliphatic heterocycles. The molecule has 1 heterocycles. The molecule has 1 aromatic heterocycles. The Balaban J connectivity index is 2.49. The monoisotopic (exact) mass is 255 g/mol. The normalized spacial score (nSPS) is 10.2. The van der Waals surface area contributed by atoms with E-state index in [1.165, 1.54) is 11.3 Å². The summed E-state index contributed by atoms with van der Waals surface area (Å²) in [5.74, 6) is 0.748. The number of ether oxygens (including phenoxy) is 2. The summed E-state index contributed by atoms with van der Waals surface area (Å²) in [6.07, 6.45) is 0. The van der Waals surface area contributed by atoms with E-state index in [0.29, 0.717) is 10.2 Å². The number of benzene rings is 1. The predicted octanol–water partition coefficient (Wildman–Crippen LogP) is 3.48. The van der Waals surface area contributed by atoms with Gasteiger partial charge in [-0.05, 0) is 18.2 Å². The molecule has 0 fully saturated rings.